The Bertz CT molecular complexity index is 133. The smallest absolute Gasteiger partial charge is 0.405 e. The van der Waals surface area contributed by atoms with Crippen molar-refractivity contribution in [1.82, 2.24) is 5.32 Å². The van der Waals surface area contributed by atoms with Gasteiger partial charge in [-0.1, -0.05) is 12.2 Å². The summed E-state index contributed by atoms with van der Waals surface area (Å²) in [6, 6.07) is -0.246. The van der Waals surface area contributed by atoms with Crippen molar-refractivity contribution < 1.29 is 15.0 Å². The van der Waals surface area contributed by atoms with E-state index in [1.807, 2.05) is 0 Å². The Morgan fingerprint density at radius 2 is 2.40 bits per heavy atom. The third-order valence-electron chi connectivity index (χ3n) is 0.881. The molecule has 4 heteroatoms. The number of carbonyl (C=O) groups is 1. The van der Waals surface area contributed by atoms with Crippen LogP contribution in [0.4, 0.5) is 4.79 Å². The highest BCUT2D eigenvalue weighted by Crippen LogP contribution is 1.83. The van der Waals surface area contributed by atoms with Crippen LogP contribution in [0.3, 0.4) is 0 Å². The van der Waals surface area contributed by atoms with Crippen molar-refractivity contribution in [2.45, 2.75) is 13.0 Å². The van der Waals surface area contributed by atoms with E-state index in [4.69, 9.17) is 10.2 Å². The lowest BCUT2D eigenvalue weighted by Crippen LogP contribution is -2.29. The predicted octanol–water partition coefficient (Wildman–Crippen LogP) is 0.191. The number of amides is 1. The van der Waals surface area contributed by atoms with Gasteiger partial charge in [0.25, 0.3) is 0 Å². The Hall–Kier alpha value is -1.03. The van der Waals surface area contributed by atoms with Crippen LogP contribution < -0.4 is 5.32 Å². The predicted molar refractivity (Wildman–Crippen MR) is 36.8 cm³/mol. The SMILES string of the molecule is CC(C=CCO)NC(=O)O. The minimum absolute atomic E-state index is 0.0639. The Morgan fingerprint density at radius 1 is 1.80 bits per heavy atom. The molecule has 1 unspecified atom stereocenters. The second kappa shape index (κ2) is 4.81. The molecule has 0 saturated carbocycles. The Morgan fingerprint density at radius 3 is 2.80 bits per heavy atom. The lowest BCUT2D eigenvalue weighted by Gasteiger charge is -2.03. The van der Waals surface area contributed by atoms with Crippen LogP contribution in [0, 0.1) is 0 Å². The van der Waals surface area contributed by atoms with Crippen LogP contribution in [0.1, 0.15) is 6.92 Å². The maximum Gasteiger partial charge on any atom is 0.405 e. The summed E-state index contributed by atoms with van der Waals surface area (Å²) in [5.41, 5.74) is 0. The summed E-state index contributed by atoms with van der Waals surface area (Å²) < 4.78 is 0. The molecule has 3 N–H and O–H groups in total. The van der Waals surface area contributed by atoms with Gasteiger partial charge in [-0.25, -0.2) is 4.79 Å². The zero-order chi connectivity index (χ0) is 7.98. The van der Waals surface area contributed by atoms with Crippen LogP contribution in [-0.4, -0.2) is 29.0 Å². The average Bonchev–Trinajstić information content (AvgIpc) is 1.82. The van der Waals surface area contributed by atoms with Crippen LogP contribution in [0.25, 0.3) is 0 Å². The molecule has 1 amide bonds. The maximum atomic E-state index is 9.97. The van der Waals surface area contributed by atoms with Gasteiger partial charge in [0, 0.05) is 6.04 Å². The second-order valence-electron chi connectivity index (χ2n) is 1.85. The molecule has 0 aromatic rings. The number of carboxylic acid groups (broad SMARTS) is 1. The number of nitrogens with one attached hydrogen (secondary N) is 1. The van der Waals surface area contributed by atoms with Gasteiger partial charge in [-0.05, 0) is 6.92 Å². The molecular weight excluding hydrogens is 134 g/mol. The van der Waals surface area contributed by atoms with E-state index in [-0.39, 0.29) is 12.6 Å². The summed E-state index contributed by atoms with van der Waals surface area (Å²) >= 11 is 0. The fourth-order valence-corrected chi connectivity index (χ4v) is 0.508. The summed E-state index contributed by atoms with van der Waals surface area (Å²) in [5.74, 6) is 0. The average molecular weight is 145 g/mol. The molecule has 0 aliphatic rings. The van der Waals surface area contributed by atoms with Crippen molar-refractivity contribution in [3.63, 3.8) is 0 Å². The molecule has 1 atom stereocenters. The number of hydrogen-bond donors (Lipinski definition) is 3. The van der Waals surface area contributed by atoms with Crippen molar-refractivity contribution in [3.8, 4) is 0 Å². The molecule has 0 aliphatic carbocycles. The number of rotatable bonds is 3. The Kier molecular flexibility index (Phi) is 4.32. The molecule has 0 heterocycles. The van der Waals surface area contributed by atoms with Crippen molar-refractivity contribution in [2.75, 3.05) is 6.61 Å². The highest BCUT2D eigenvalue weighted by Gasteiger charge is 1.98. The van der Waals surface area contributed by atoms with Crippen molar-refractivity contribution in [2.24, 2.45) is 0 Å². The normalized spacial score (nSPS) is 13.4. The number of aliphatic hydroxyl groups excluding tert-OH is 1. The fraction of sp³-hybridized carbons (Fsp3) is 0.500. The lowest BCUT2D eigenvalue weighted by molar-refractivity contribution is 0.192. The van der Waals surface area contributed by atoms with Gasteiger partial charge in [-0.2, -0.15) is 0 Å². The molecule has 0 saturated heterocycles. The first-order valence-corrected chi connectivity index (χ1v) is 2.93. The number of hydrogen-bond acceptors (Lipinski definition) is 2. The van der Waals surface area contributed by atoms with E-state index in [2.05, 4.69) is 5.32 Å². The van der Waals surface area contributed by atoms with Gasteiger partial charge >= 0.3 is 6.09 Å². The Labute approximate surface area is 59.2 Å². The highest BCUT2D eigenvalue weighted by atomic mass is 16.4. The first kappa shape index (κ1) is 8.97. The summed E-state index contributed by atoms with van der Waals surface area (Å²) in [6.45, 7) is 1.62. The molecule has 58 valence electrons. The van der Waals surface area contributed by atoms with E-state index in [0.717, 1.165) is 0 Å². The van der Waals surface area contributed by atoms with Gasteiger partial charge in [0.15, 0.2) is 0 Å². The molecule has 0 aliphatic heterocycles. The van der Waals surface area contributed by atoms with Crippen molar-refractivity contribution in [3.05, 3.63) is 12.2 Å². The summed E-state index contributed by atoms with van der Waals surface area (Å²) in [6.07, 6.45) is 2.00. The highest BCUT2D eigenvalue weighted by molar-refractivity contribution is 5.65. The van der Waals surface area contributed by atoms with E-state index in [0.29, 0.717) is 0 Å². The van der Waals surface area contributed by atoms with Gasteiger partial charge in [0.2, 0.25) is 0 Å². The molecule has 0 spiro atoms. The second-order valence-corrected chi connectivity index (χ2v) is 1.85. The first-order valence-electron chi connectivity index (χ1n) is 2.93. The molecule has 0 aromatic heterocycles. The standard InChI is InChI=1S/C6H11NO3/c1-5(3-2-4-8)7-6(9)10/h2-3,5,7-8H,4H2,1H3,(H,9,10). The van der Waals surface area contributed by atoms with Crippen LogP contribution in [0.15, 0.2) is 12.2 Å². The molecule has 0 bridgehead atoms. The van der Waals surface area contributed by atoms with E-state index in [1.54, 1.807) is 13.0 Å². The topological polar surface area (TPSA) is 69.6 Å². The van der Waals surface area contributed by atoms with E-state index < -0.39 is 6.09 Å². The van der Waals surface area contributed by atoms with Crippen molar-refractivity contribution in [1.29, 1.82) is 0 Å². The van der Waals surface area contributed by atoms with E-state index in [9.17, 15) is 4.79 Å². The molecule has 0 aromatic carbocycles. The summed E-state index contributed by atoms with van der Waals surface area (Å²) in [5, 5.41) is 18.7. The van der Waals surface area contributed by atoms with Crippen molar-refractivity contribution >= 4 is 6.09 Å². The largest absolute Gasteiger partial charge is 0.465 e. The zero-order valence-electron chi connectivity index (χ0n) is 5.74. The van der Waals surface area contributed by atoms with Gasteiger partial charge in [-0.15, -0.1) is 0 Å². The van der Waals surface area contributed by atoms with Gasteiger partial charge in [0.1, 0.15) is 0 Å². The summed E-state index contributed by atoms with van der Waals surface area (Å²) in [4.78, 5) is 9.97. The third kappa shape index (κ3) is 5.11. The minimum atomic E-state index is -1.06. The molecule has 10 heavy (non-hydrogen) atoms. The molecule has 0 fully saturated rings. The van der Waals surface area contributed by atoms with Crippen LogP contribution >= 0.6 is 0 Å². The minimum Gasteiger partial charge on any atom is -0.465 e. The monoisotopic (exact) mass is 145 g/mol. The third-order valence-corrected chi connectivity index (χ3v) is 0.881. The first-order chi connectivity index (χ1) is 4.66. The maximum absolute atomic E-state index is 9.97. The van der Waals surface area contributed by atoms with E-state index in [1.165, 1.54) is 6.08 Å². The van der Waals surface area contributed by atoms with Gasteiger partial charge < -0.3 is 15.5 Å². The molecule has 0 radical (unpaired) electrons. The molecular formula is C6H11NO3. The number of aliphatic hydroxyl groups is 1. The zero-order valence-corrected chi connectivity index (χ0v) is 5.74. The van der Waals surface area contributed by atoms with Crippen LogP contribution in [0.2, 0.25) is 0 Å². The quantitative estimate of drug-likeness (QED) is 0.496. The van der Waals surface area contributed by atoms with E-state index >= 15 is 0 Å². The van der Waals surface area contributed by atoms with Gasteiger partial charge in [-0.3, -0.25) is 0 Å². The van der Waals surface area contributed by atoms with Crippen LogP contribution in [-0.2, 0) is 0 Å². The molecule has 0 rings (SSSR count). The van der Waals surface area contributed by atoms with Crippen LogP contribution in [0.5, 0.6) is 0 Å². The molecule has 4 nitrogen and oxygen atoms in total. The fourth-order valence-electron chi connectivity index (χ4n) is 0.508. The Balaban J connectivity index is 3.52. The summed E-state index contributed by atoms with van der Waals surface area (Å²) in [7, 11) is 0. The lowest BCUT2D eigenvalue weighted by atomic mass is 10.3. The van der Waals surface area contributed by atoms with Gasteiger partial charge in [0.05, 0.1) is 6.61 Å².